The van der Waals surface area contributed by atoms with Gasteiger partial charge >= 0.3 is 5.97 Å². The number of thiol groups is 1. The summed E-state index contributed by atoms with van der Waals surface area (Å²) in [5, 5.41) is 17.4. The Bertz CT molecular complexity index is 411. The number of carboxylic acid groups (broad SMARTS) is 1. The fourth-order valence-corrected chi connectivity index (χ4v) is 1.51. The van der Waals surface area contributed by atoms with E-state index in [-0.39, 0.29) is 21.0 Å². The van der Waals surface area contributed by atoms with E-state index < -0.39 is 5.97 Å². The second kappa shape index (κ2) is 3.69. The minimum absolute atomic E-state index is 0.0801. The molecule has 13 heavy (non-hydrogen) atoms. The summed E-state index contributed by atoms with van der Waals surface area (Å²) in [6.45, 7) is 0. The molecule has 0 saturated heterocycles. The van der Waals surface area contributed by atoms with Gasteiger partial charge in [-0.05, 0) is 12.1 Å². The van der Waals surface area contributed by atoms with Gasteiger partial charge in [-0.25, -0.2) is 4.79 Å². The van der Waals surface area contributed by atoms with Gasteiger partial charge in [-0.15, -0.1) is 12.6 Å². The summed E-state index contributed by atoms with van der Waals surface area (Å²) in [7, 11) is 0. The lowest BCUT2D eigenvalue weighted by atomic mass is 10.1. The fourth-order valence-electron chi connectivity index (χ4n) is 0.860. The summed E-state index contributed by atoms with van der Waals surface area (Å²) in [6, 6.07) is 4.61. The molecule has 1 aromatic rings. The number of benzene rings is 1. The van der Waals surface area contributed by atoms with Crippen LogP contribution in [0.2, 0.25) is 5.02 Å². The number of carbonyl (C=O) groups is 1. The molecule has 0 fully saturated rings. The predicted octanol–water partition coefficient (Wildman–Crippen LogP) is 2.20. The number of carboxylic acids is 1. The maximum absolute atomic E-state index is 10.7. The van der Waals surface area contributed by atoms with Crippen molar-refractivity contribution in [3.05, 3.63) is 28.3 Å². The van der Waals surface area contributed by atoms with Crippen LogP contribution in [0.1, 0.15) is 15.9 Å². The zero-order valence-corrected chi connectivity index (χ0v) is 7.93. The average molecular weight is 214 g/mol. The molecular formula is C8H4ClNO2S. The van der Waals surface area contributed by atoms with Gasteiger partial charge in [-0.1, -0.05) is 11.6 Å². The Morgan fingerprint density at radius 1 is 1.62 bits per heavy atom. The third kappa shape index (κ3) is 1.77. The molecule has 0 aliphatic rings. The third-order valence-electron chi connectivity index (χ3n) is 1.46. The monoisotopic (exact) mass is 213 g/mol. The van der Waals surface area contributed by atoms with Gasteiger partial charge in [-0.3, -0.25) is 0 Å². The molecule has 0 bridgehead atoms. The molecule has 0 spiro atoms. The lowest BCUT2D eigenvalue weighted by molar-refractivity contribution is 0.0693. The van der Waals surface area contributed by atoms with Crippen LogP contribution >= 0.6 is 24.2 Å². The molecule has 0 heterocycles. The lowest BCUT2D eigenvalue weighted by Gasteiger charge is -2.03. The van der Waals surface area contributed by atoms with Crippen molar-refractivity contribution >= 4 is 30.2 Å². The van der Waals surface area contributed by atoms with Crippen LogP contribution in [0.15, 0.2) is 17.0 Å². The molecule has 3 nitrogen and oxygen atoms in total. The van der Waals surface area contributed by atoms with Crippen LogP contribution in [-0.2, 0) is 0 Å². The van der Waals surface area contributed by atoms with Gasteiger partial charge in [0.05, 0.1) is 16.1 Å². The topological polar surface area (TPSA) is 61.1 Å². The predicted molar refractivity (Wildman–Crippen MR) is 50.4 cm³/mol. The maximum atomic E-state index is 10.7. The number of hydrogen-bond acceptors (Lipinski definition) is 3. The number of hydrogen-bond donors (Lipinski definition) is 2. The van der Waals surface area contributed by atoms with Gasteiger partial charge in [0.2, 0.25) is 0 Å². The standard InChI is InChI=1S/C8H4ClNO2S/c9-5-2-1-4(3-10)7(13)6(5)8(11)12/h1-2,13H,(H,11,12). The fraction of sp³-hybridized carbons (Fsp3) is 0. The minimum Gasteiger partial charge on any atom is -0.478 e. The molecule has 0 amide bonds. The van der Waals surface area contributed by atoms with E-state index in [1.165, 1.54) is 12.1 Å². The van der Waals surface area contributed by atoms with Crippen molar-refractivity contribution in [3.8, 4) is 6.07 Å². The molecule has 1 aromatic carbocycles. The van der Waals surface area contributed by atoms with Crippen molar-refractivity contribution in [2.75, 3.05) is 0 Å². The Labute approximate surface area is 85.0 Å². The van der Waals surface area contributed by atoms with E-state index in [2.05, 4.69) is 12.6 Å². The molecule has 0 saturated carbocycles. The largest absolute Gasteiger partial charge is 0.478 e. The van der Waals surface area contributed by atoms with Gasteiger partial charge in [-0.2, -0.15) is 5.26 Å². The average Bonchev–Trinajstić information content (AvgIpc) is 2.04. The Kier molecular flexibility index (Phi) is 2.81. The second-order valence-electron chi connectivity index (χ2n) is 2.24. The van der Waals surface area contributed by atoms with Crippen LogP contribution in [0.5, 0.6) is 0 Å². The van der Waals surface area contributed by atoms with Crippen LogP contribution in [0.4, 0.5) is 0 Å². The van der Waals surface area contributed by atoms with Gasteiger partial charge in [0, 0.05) is 4.90 Å². The van der Waals surface area contributed by atoms with Crippen molar-refractivity contribution < 1.29 is 9.90 Å². The molecule has 0 aliphatic carbocycles. The molecule has 0 atom stereocenters. The van der Waals surface area contributed by atoms with E-state index in [1.54, 1.807) is 0 Å². The van der Waals surface area contributed by atoms with Crippen molar-refractivity contribution in [2.45, 2.75) is 4.90 Å². The van der Waals surface area contributed by atoms with E-state index >= 15 is 0 Å². The highest BCUT2D eigenvalue weighted by molar-refractivity contribution is 7.80. The summed E-state index contributed by atoms with van der Waals surface area (Å²) < 4.78 is 0. The van der Waals surface area contributed by atoms with Crippen LogP contribution in [0.3, 0.4) is 0 Å². The highest BCUT2D eigenvalue weighted by Gasteiger charge is 2.15. The Morgan fingerprint density at radius 3 is 2.69 bits per heavy atom. The molecule has 1 N–H and O–H groups in total. The molecule has 66 valence electrons. The molecule has 0 aromatic heterocycles. The lowest BCUT2D eigenvalue weighted by Crippen LogP contribution is -2.00. The van der Waals surface area contributed by atoms with Gasteiger partial charge in [0.15, 0.2) is 0 Å². The van der Waals surface area contributed by atoms with Gasteiger partial charge < -0.3 is 5.11 Å². The Hall–Kier alpha value is -1.18. The molecular weight excluding hydrogens is 210 g/mol. The first kappa shape index (κ1) is 9.90. The smallest absolute Gasteiger partial charge is 0.338 e. The van der Waals surface area contributed by atoms with E-state index in [4.69, 9.17) is 22.0 Å². The Morgan fingerprint density at radius 2 is 2.23 bits per heavy atom. The van der Waals surface area contributed by atoms with E-state index in [1.807, 2.05) is 6.07 Å². The normalized spacial score (nSPS) is 9.31. The van der Waals surface area contributed by atoms with Crippen LogP contribution in [-0.4, -0.2) is 11.1 Å². The Balaban J connectivity index is 3.50. The number of rotatable bonds is 1. The SMILES string of the molecule is N#Cc1ccc(Cl)c(C(=O)O)c1S. The van der Waals surface area contributed by atoms with Crippen molar-refractivity contribution in [1.29, 1.82) is 5.26 Å². The number of nitriles is 1. The van der Waals surface area contributed by atoms with Crippen molar-refractivity contribution in [1.82, 2.24) is 0 Å². The van der Waals surface area contributed by atoms with Crippen LogP contribution in [0.25, 0.3) is 0 Å². The van der Waals surface area contributed by atoms with Gasteiger partial charge in [0.1, 0.15) is 6.07 Å². The highest BCUT2D eigenvalue weighted by Crippen LogP contribution is 2.26. The first-order valence-electron chi connectivity index (χ1n) is 3.22. The summed E-state index contributed by atoms with van der Waals surface area (Å²) >= 11 is 9.53. The van der Waals surface area contributed by atoms with Crippen molar-refractivity contribution in [3.63, 3.8) is 0 Å². The molecule has 1 rings (SSSR count). The molecule has 0 unspecified atom stereocenters. The first-order chi connectivity index (χ1) is 6.07. The third-order valence-corrected chi connectivity index (χ3v) is 2.24. The van der Waals surface area contributed by atoms with Crippen LogP contribution < -0.4 is 0 Å². The zero-order chi connectivity index (χ0) is 10.0. The summed E-state index contributed by atoms with van der Waals surface area (Å²) in [5.41, 5.74) is 0.0641. The van der Waals surface area contributed by atoms with Gasteiger partial charge in [0.25, 0.3) is 0 Å². The zero-order valence-electron chi connectivity index (χ0n) is 6.28. The first-order valence-corrected chi connectivity index (χ1v) is 4.05. The quantitative estimate of drug-likeness (QED) is 0.703. The number of aromatic carboxylic acids is 1. The second-order valence-corrected chi connectivity index (χ2v) is 3.09. The van der Waals surface area contributed by atoms with Crippen molar-refractivity contribution in [2.24, 2.45) is 0 Å². The minimum atomic E-state index is -1.19. The maximum Gasteiger partial charge on any atom is 0.338 e. The van der Waals surface area contributed by atoms with Crippen LogP contribution in [0, 0.1) is 11.3 Å². The summed E-state index contributed by atoms with van der Waals surface area (Å²) in [6.07, 6.45) is 0. The van der Waals surface area contributed by atoms with E-state index in [0.717, 1.165) is 0 Å². The highest BCUT2D eigenvalue weighted by atomic mass is 35.5. The number of halogens is 1. The number of nitrogens with zero attached hydrogens (tertiary/aromatic N) is 1. The molecule has 5 heteroatoms. The molecule has 0 radical (unpaired) electrons. The van der Waals surface area contributed by atoms with E-state index in [9.17, 15) is 4.79 Å². The summed E-state index contributed by atoms with van der Waals surface area (Å²) in [5.74, 6) is -1.19. The molecule has 0 aliphatic heterocycles. The summed E-state index contributed by atoms with van der Waals surface area (Å²) in [4.78, 5) is 10.8. The van der Waals surface area contributed by atoms with E-state index in [0.29, 0.717) is 0 Å².